The summed E-state index contributed by atoms with van der Waals surface area (Å²) in [6.45, 7) is 11.0. The van der Waals surface area contributed by atoms with Crippen molar-refractivity contribution >= 4 is 11.8 Å². The number of carbonyl (C=O) groups is 2. The molecule has 0 spiro atoms. The largest absolute Gasteiger partial charge is 0.393 e. The van der Waals surface area contributed by atoms with Gasteiger partial charge < -0.3 is 20.4 Å². The van der Waals surface area contributed by atoms with Crippen LogP contribution in [0.4, 0.5) is 0 Å². The summed E-state index contributed by atoms with van der Waals surface area (Å²) in [5.41, 5.74) is 0.492. The van der Waals surface area contributed by atoms with Crippen LogP contribution in [-0.2, 0) is 9.59 Å². The molecule has 1 aliphatic heterocycles. The fraction of sp³-hybridized carbons (Fsp3) is 0.725. The van der Waals surface area contributed by atoms with E-state index in [1.54, 1.807) is 0 Å². The van der Waals surface area contributed by atoms with E-state index in [1.807, 2.05) is 4.90 Å². The van der Waals surface area contributed by atoms with E-state index in [1.165, 1.54) is 25.7 Å². The number of piperidine rings is 1. The van der Waals surface area contributed by atoms with Crippen molar-refractivity contribution in [1.82, 2.24) is 10.2 Å². The number of amides is 2. The number of aliphatic hydroxyl groups is 2. The minimum atomic E-state index is -0.243. The Bertz CT molecular complexity index is 1440. The zero-order valence-electron chi connectivity index (χ0n) is 36.3. The first-order chi connectivity index (χ1) is 27.6. The van der Waals surface area contributed by atoms with Crippen molar-refractivity contribution in [3.63, 3.8) is 0 Å². The molecule has 0 radical (unpaired) electrons. The van der Waals surface area contributed by atoms with Gasteiger partial charge in [0.2, 0.25) is 11.8 Å². The highest BCUT2D eigenvalue weighted by Crippen LogP contribution is 2.68. The van der Waals surface area contributed by atoms with Gasteiger partial charge in [-0.05, 0) is 162 Å². The molecule has 0 aromatic rings. The van der Waals surface area contributed by atoms with Crippen molar-refractivity contribution in [2.75, 3.05) is 13.1 Å². The molecule has 5 rings (SSSR count). The van der Waals surface area contributed by atoms with Gasteiger partial charge in [0.15, 0.2) is 0 Å². The smallest absolute Gasteiger partial charge is 0.222 e. The molecule has 1 unspecified atom stereocenters. The molecule has 318 valence electrons. The van der Waals surface area contributed by atoms with Gasteiger partial charge >= 0.3 is 0 Å². The molecule has 0 aromatic heterocycles. The second-order valence-corrected chi connectivity index (χ2v) is 19.1. The van der Waals surface area contributed by atoms with Crippen LogP contribution in [0.1, 0.15) is 156 Å². The Labute approximate surface area is 347 Å². The van der Waals surface area contributed by atoms with E-state index in [4.69, 9.17) is 0 Å². The molecular weight excluding hydrogens is 705 g/mol. The molecule has 5 aliphatic rings. The topological polar surface area (TPSA) is 89.9 Å². The lowest BCUT2D eigenvalue weighted by Gasteiger charge is -2.62. The van der Waals surface area contributed by atoms with Gasteiger partial charge in [-0.3, -0.25) is 9.59 Å². The maximum absolute atomic E-state index is 13.2. The summed E-state index contributed by atoms with van der Waals surface area (Å²) in [4.78, 5) is 28.0. The first-order valence-electron chi connectivity index (χ1n) is 23.4. The average molecular weight is 785 g/mol. The van der Waals surface area contributed by atoms with E-state index >= 15 is 0 Å². The van der Waals surface area contributed by atoms with Crippen LogP contribution in [0.3, 0.4) is 0 Å². The third kappa shape index (κ3) is 12.4. The average Bonchev–Trinajstić information content (AvgIpc) is 3.56. The molecule has 6 nitrogen and oxygen atoms in total. The second kappa shape index (κ2) is 22.6. The molecule has 57 heavy (non-hydrogen) atoms. The van der Waals surface area contributed by atoms with E-state index in [-0.39, 0.29) is 40.9 Å². The Morgan fingerprint density at radius 1 is 0.702 bits per heavy atom. The molecule has 4 aliphatic carbocycles. The van der Waals surface area contributed by atoms with Crippen LogP contribution < -0.4 is 5.32 Å². The summed E-state index contributed by atoms with van der Waals surface area (Å²) in [7, 11) is 0. The fourth-order valence-electron chi connectivity index (χ4n) is 12.3. The molecule has 6 heteroatoms. The van der Waals surface area contributed by atoms with Crippen LogP contribution in [0.15, 0.2) is 72.9 Å². The van der Waals surface area contributed by atoms with Gasteiger partial charge in [0, 0.05) is 32.0 Å². The van der Waals surface area contributed by atoms with E-state index in [9.17, 15) is 19.8 Å². The number of rotatable bonds is 19. The molecule has 1 saturated heterocycles. The van der Waals surface area contributed by atoms with Gasteiger partial charge in [0.05, 0.1) is 12.2 Å². The molecule has 3 N–H and O–H groups in total. The lowest BCUT2D eigenvalue weighted by atomic mass is 9.43. The molecular formula is C51H80N2O4. The van der Waals surface area contributed by atoms with E-state index in [2.05, 4.69) is 106 Å². The summed E-state index contributed by atoms with van der Waals surface area (Å²) < 4.78 is 0. The highest BCUT2D eigenvalue weighted by Gasteiger charge is 2.62. The molecule has 5 fully saturated rings. The lowest BCUT2D eigenvalue weighted by molar-refractivity contribution is -0.174. The van der Waals surface area contributed by atoms with E-state index in [0.29, 0.717) is 48.3 Å². The lowest BCUT2D eigenvalue weighted by Crippen LogP contribution is -2.58. The summed E-state index contributed by atoms with van der Waals surface area (Å²) in [5, 5.41) is 25.3. The zero-order chi connectivity index (χ0) is 40.7. The highest BCUT2D eigenvalue weighted by atomic mass is 16.3. The number of fused-ring (bicyclic) bond motifs is 5. The van der Waals surface area contributed by atoms with Gasteiger partial charge in [-0.25, -0.2) is 0 Å². The maximum Gasteiger partial charge on any atom is 0.222 e. The van der Waals surface area contributed by atoms with Crippen molar-refractivity contribution in [2.24, 2.45) is 46.3 Å². The van der Waals surface area contributed by atoms with Gasteiger partial charge in [0.1, 0.15) is 0 Å². The summed E-state index contributed by atoms with van der Waals surface area (Å²) >= 11 is 0. The van der Waals surface area contributed by atoms with Crippen LogP contribution in [-0.4, -0.2) is 58.3 Å². The van der Waals surface area contributed by atoms with E-state index < -0.39 is 0 Å². The molecule has 0 bridgehead atoms. The molecule has 1 heterocycles. The Kier molecular flexibility index (Phi) is 18.0. The third-order valence-electron chi connectivity index (χ3n) is 15.6. The Morgan fingerprint density at radius 3 is 1.88 bits per heavy atom. The molecule has 0 aromatic carbocycles. The van der Waals surface area contributed by atoms with Gasteiger partial charge in [0.25, 0.3) is 0 Å². The molecule has 10 atom stereocenters. The third-order valence-corrected chi connectivity index (χ3v) is 15.6. The summed E-state index contributed by atoms with van der Waals surface area (Å²) in [5.74, 6) is 3.43. The first kappa shape index (κ1) is 45.4. The van der Waals surface area contributed by atoms with Crippen LogP contribution in [0.25, 0.3) is 0 Å². The van der Waals surface area contributed by atoms with E-state index in [0.717, 1.165) is 103 Å². The second-order valence-electron chi connectivity index (χ2n) is 19.1. The molecule has 4 saturated carbocycles. The monoisotopic (exact) mass is 785 g/mol. The van der Waals surface area contributed by atoms with Crippen molar-refractivity contribution in [3.05, 3.63) is 72.9 Å². The highest BCUT2D eigenvalue weighted by molar-refractivity contribution is 5.77. The Morgan fingerprint density at radius 2 is 1.26 bits per heavy atom. The van der Waals surface area contributed by atoms with Crippen LogP contribution in [0.5, 0.6) is 0 Å². The standard InChI is InChI=1S/C51H80N2O4/c1-5-6-7-8-9-10-11-12-13-14-15-16-17-18-19-20-21-22-23-24-48(57)53-35-31-41(32-36-53)52-47(56)28-25-39(2)43-26-27-44-49-45(30-34-51(43,44)4)50(3)33-29-42(54)37-40(50)38-46(49)55/h6-7,9-10,12-13,15-16,18-19,21-22,39-46,49,54-55H,5,8,11,14,17,20,23-38H2,1-4H3,(H,52,56)/t39-,40+,42-,43?,44+,45+,46-,49+,50+,51-/m1/s1. The number of nitrogens with one attached hydrogen (secondary N) is 1. The SMILES string of the molecule is CCC=CCC=CCC=CCC=CCC=CCC=CCCC(=O)N1CCC(NC(=O)CC[C@@H](C)C2CC[C@H]3[C@@H]4[C@H](O)C[C@@H]5C[C@H](O)CC[C@]5(C)[C@H]4CC[C@]23C)CC1. The summed E-state index contributed by atoms with van der Waals surface area (Å²) in [6, 6.07) is 0.155. The van der Waals surface area contributed by atoms with Crippen molar-refractivity contribution in [2.45, 2.75) is 174 Å². The van der Waals surface area contributed by atoms with Crippen LogP contribution in [0.2, 0.25) is 0 Å². The number of likely N-dealkylation sites (tertiary alicyclic amines) is 1. The maximum atomic E-state index is 13.2. The predicted molar refractivity (Wildman–Crippen MR) is 236 cm³/mol. The molecule has 2 amide bonds. The normalized spacial score (nSPS) is 34.2. The summed E-state index contributed by atoms with van der Waals surface area (Å²) in [6.07, 6.45) is 44.9. The number of carbonyl (C=O) groups excluding carboxylic acids is 2. The van der Waals surface area contributed by atoms with Crippen molar-refractivity contribution in [1.29, 1.82) is 0 Å². The number of hydrogen-bond acceptors (Lipinski definition) is 4. The Hall–Kier alpha value is -2.70. The minimum absolute atomic E-state index is 0.155. The first-order valence-corrected chi connectivity index (χ1v) is 23.4. The quantitative estimate of drug-likeness (QED) is 0.114. The van der Waals surface area contributed by atoms with Gasteiger partial charge in [-0.1, -0.05) is 101 Å². The van der Waals surface area contributed by atoms with Crippen LogP contribution in [0, 0.1) is 46.3 Å². The van der Waals surface area contributed by atoms with Gasteiger partial charge in [-0.2, -0.15) is 0 Å². The minimum Gasteiger partial charge on any atom is -0.393 e. The zero-order valence-corrected chi connectivity index (χ0v) is 36.3. The number of nitrogens with zero attached hydrogens (tertiary/aromatic N) is 1. The van der Waals surface area contributed by atoms with Crippen molar-refractivity contribution in [3.8, 4) is 0 Å². The fourth-order valence-corrected chi connectivity index (χ4v) is 12.3. The van der Waals surface area contributed by atoms with Gasteiger partial charge in [-0.15, -0.1) is 0 Å². The number of allylic oxidation sites excluding steroid dienone is 12. The number of hydrogen-bond donors (Lipinski definition) is 3. The number of aliphatic hydroxyl groups excluding tert-OH is 2. The van der Waals surface area contributed by atoms with Crippen molar-refractivity contribution < 1.29 is 19.8 Å². The predicted octanol–water partition coefficient (Wildman–Crippen LogP) is 11.0. The van der Waals surface area contributed by atoms with Crippen LogP contribution >= 0.6 is 0 Å². The Balaban J connectivity index is 0.915.